The zero-order valence-corrected chi connectivity index (χ0v) is 11.3. The number of benzene rings is 1. The molecular formula is C15H19NO3. The van der Waals surface area contributed by atoms with Crippen molar-refractivity contribution in [3.63, 3.8) is 0 Å². The first-order chi connectivity index (χ1) is 9.12. The number of hydrogen-bond acceptors (Lipinski definition) is 4. The van der Waals surface area contributed by atoms with Crippen molar-refractivity contribution in [1.29, 1.82) is 0 Å². The van der Waals surface area contributed by atoms with E-state index in [-0.39, 0.29) is 6.10 Å². The van der Waals surface area contributed by atoms with Crippen LogP contribution in [0.1, 0.15) is 26.7 Å². The van der Waals surface area contributed by atoms with Gasteiger partial charge in [0.05, 0.1) is 12.8 Å². The van der Waals surface area contributed by atoms with Gasteiger partial charge in [0.15, 0.2) is 11.5 Å². The van der Waals surface area contributed by atoms with Gasteiger partial charge in [-0.15, -0.1) is 0 Å². The predicted molar refractivity (Wildman–Crippen MR) is 73.5 cm³/mol. The summed E-state index contributed by atoms with van der Waals surface area (Å²) in [5.74, 6) is 1.02. The molecule has 4 nitrogen and oxygen atoms in total. The second-order valence-corrected chi connectivity index (χ2v) is 5.35. The maximum atomic E-state index is 5.72. The number of hydrogen-bond donors (Lipinski definition) is 1. The van der Waals surface area contributed by atoms with E-state index in [4.69, 9.17) is 14.2 Å². The number of allylic oxidation sites excluding steroid dienone is 1. The largest absolute Gasteiger partial charge is 0.497 e. The van der Waals surface area contributed by atoms with Gasteiger partial charge in [0.1, 0.15) is 6.10 Å². The highest BCUT2D eigenvalue weighted by Gasteiger charge is 2.31. The van der Waals surface area contributed by atoms with Gasteiger partial charge in [-0.3, -0.25) is 0 Å². The molecule has 19 heavy (non-hydrogen) atoms. The minimum absolute atomic E-state index is 0.242. The highest BCUT2D eigenvalue weighted by molar-refractivity contribution is 5.56. The van der Waals surface area contributed by atoms with E-state index in [0.717, 1.165) is 36.6 Å². The summed E-state index contributed by atoms with van der Waals surface area (Å²) in [4.78, 5) is 0. The van der Waals surface area contributed by atoms with Crippen LogP contribution in [0, 0.1) is 0 Å². The minimum atomic E-state index is -0.571. The van der Waals surface area contributed by atoms with E-state index in [0.29, 0.717) is 0 Å². The first-order valence-electron chi connectivity index (χ1n) is 6.69. The van der Waals surface area contributed by atoms with Gasteiger partial charge < -0.3 is 19.5 Å². The molecule has 2 heterocycles. The van der Waals surface area contributed by atoms with E-state index in [2.05, 4.69) is 11.4 Å². The molecule has 2 aliphatic rings. The smallest absolute Gasteiger partial charge is 0.246 e. The second kappa shape index (κ2) is 4.68. The van der Waals surface area contributed by atoms with Crippen LogP contribution in [0.5, 0.6) is 11.5 Å². The lowest BCUT2D eigenvalue weighted by Gasteiger charge is -2.20. The monoisotopic (exact) mass is 261 g/mol. The van der Waals surface area contributed by atoms with Gasteiger partial charge in [-0.25, -0.2) is 0 Å². The fourth-order valence-corrected chi connectivity index (χ4v) is 2.30. The predicted octanol–water partition coefficient (Wildman–Crippen LogP) is 3.30. The molecule has 0 spiro atoms. The van der Waals surface area contributed by atoms with Gasteiger partial charge in [-0.2, -0.15) is 0 Å². The van der Waals surface area contributed by atoms with Crippen LogP contribution < -0.4 is 14.8 Å². The van der Waals surface area contributed by atoms with Gasteiger partial charge in [0, 0.05) is 25.6 Å². The Morgan fingerprint density at radius 2 is 2.11 bits per heavy atom. The lowest BCUT2D eigenvalue weighted by atomic mass is 10.1. The summed E-state index contributed by atoms with van der Waals surface area (Å²) in [6, 6.07) is 5.92. The number of anilines is 1. The Morgan fingerprint density at radius 1 is 1.26 bits per heavy atom. The van der Waals surface area contributed by atoms with Gasteiger partial charge in [0.2, 0.25) is 5.79 Å². The van der Waals surface area contributed by atoms with Crippen LogP contribution in [0.4, 0.5) is 5.69 Å². The molecule has 3 rings (SSSR count). The van der Waals surface area contributed by atoms with Gasteiger partial charge >= 0.3 is 0 Å². The molecule has 0 radical (unpaired) electrons. The summed E-state index contributed by atoms with van der Waals surface area (Å²) in [5, 5.41) is 3.38. The van der Waals surface area contributed by atoms with Crippen molar-refractivity contribution in [3.8, 4) is 11.5 Å². The zero-order valence-electron chi connectivity index (χ0n) is 11.3. The molecule has 1 aromatic rings. The summed E-state index contributed by atoms with van der Waals surface area (Å²) in [7, 11) is 0. The summed E-state index contributed by atoms with van der Waals surface area (Å²) in [5.41, 5.74) is 1.03. The molecule has 1 aromatic carbocycles. The average Bonchev–Trinajstić information content (AvgIpc) is 2.70. The highest BCUT2D eigenvalue weighted by atomic mass is 16.7. The summed E-state index contributed by atoms with van der Waals surface area (Å²) < 4.78 is 16.9. The maximum Gasteiger partial charge on any atom is 0.246 e. The quantitative estimate of drug-likeness (QED) is 0.906. The van der Waals surface area contributed by atoms with E-state index in [1.165, 1.54) is 0 Å². The molecule has 1 unspecified atom stereocenters. The van der Waals surface area contributed by atoms with Crippen molar-refractivity contribution in [3.05, 3.63) is 30.5 Å². The lowest BCUT2D eigenvalue weighted by Crippen LogP contribution is -2.29. The molecule has 2 aliphatic heterocycles. The SMILES string of the molecule is CC1(C)Oc2ccc(NCC3CCC=CO3)cc2O1. The van der Waals surface area contributed by atoms with E-state index >= 15 is 0 Å². The summed E-state index contributed by atoms with van der Waals surface area (Å²) >= 11 is 0. The van der Waals surface area contributed by atoms with Gasteiger partial charge in [-0.05, 0) is 31.1 Å². The van der Waals surface area contributed by atoms with E-state index in [1.54, 1.807) is 6.26 Å². The molecule has 4 heteroatoms. The second-order valence-electron chi connectivity index (χ2n) is 5.35. The molecule has 0 aromatic heterocycles. The van der Waals surface area contributed by atoms with Crippen LogP contribution >= 0.6 is 0 Å². The molecule has 0 aliphatic carbocycles. The fourth-order valence-electron chi connectivity index (χ4n) is 2.30. The van der Waals surface area contributed by atoms with E-state index < -0.39 is 5.79 Å². The summed E-state index contributed by atoms with van der Waals surface area (Å²) in [6.07, 6.45) is 6.23. The van der Waals surface area contributed by atoms with E-state index in [9.17, 15) is 0 Å². The molecule has 0 fully saturated rings. The Kier molecular flexibility index (Phi) is 3.01. The van der Waals surface area contributed by atoms with Crippen LogP contribution in [0.3, 0.4) is 0 Å². The summed E-state index contributed by atoms with van der Waals surface area (Å²) in [6.45, 7) is 4.61. The van der Waals surface area contributed by atoms with Crippen LogP contribution in [0.2, 0.25) is 0 Å². The van der Waals surface area contributed by atoms with Crippen molar-refractivity contribution in [2.45, 2.75) is 38.6 Å². The van der Waals surface area contributed by atoms with Gasteiger partial charge in [-0.1, -0.05) is 0 Å². The minimum Gasteiger partial charge on any atom is -0.497 e. The first-order valence-corrected chi connectivity index (χ1v) is 6.69. The number of rotatable bonds is 3. The average molecular weight is 261 g/mol. The number of nitrogens with one attached hydrogen (secondary N) is 1. The molecule has 1 atom stereocenters. The molecule has 102 valence electrons. The Morgan fingerprint density at radius 3 is 2.89 bits per heavy atom. The molecular weight excluding hydrogens is 242 g/mol. The van der Waals surface area contributed by atoms with E-state index in [1.807, 2.05) is 32.0 Å². The van der Waals surface area contributed by atoms with Crippen molar-refractivity contribution in [1.82, 2.24) is 0 Å². The Labute approximate surface area is 113 Å². The van der Waals surface area contributed by atoms with Crippen LogP contribution in [0.15, 0.2) is 30.5 Å². The Hall–Kier alpha value is -1.84. The molecule has 0 amide bonds. The molecule has 0 saturated heterocycles. The zero-order chi connectivity index (χ0) is 13.3. The standard InChI is InChI=1S/C15H19NO3/c1-15(2)18-13-7-6-11(9-14(13)19-15)16-10-12-5-3-4-8-17-12/h4,6-9,12,16H,3,5,10H2,1-2H3. The lowest BCUT2D eigenvalue weighted by molar-refractivity contribution is -0.0431. The van der Waals surface area contributed by atoms with Crippen molar-refractivity contribution >= 4 is 5.69 Å². The first kappa shape index (κ1) is 12.2. The van der Waals surface area contributed by atoms with Crippen molar-refractivity contribution in [2.75, 3.05) is 11.9 Å². The molecule has 0 saturated carbocycles. The third-order valence-electron chi connectivity index (χ3n) is 3.21. The Balaban J connectivity index is 1.62. The highest BCUT2D eigenvalue weighted by Crippen LogP contribution is 2.40. The van der Waals surface area contributed by atoms with Crippen LogP contribution in [-0.2, 0) is 4.74 Å². The molecule has 0 bridgehead atoms. The number of fused-ring (bicyclic) bond motifs is 1. The normalized spacial score (nSPS) is 22.9. The van der Waals surface area contributed by atoms with Gasteiger partial charge in [0.25, 0.3) is 0 Å². The Bertz CT molecular complexity index is 496. The van der Waals surface area contributed by atoms with Crippen LogP contribution in [0.25, 0.3) is 0 Å². The van der Waals surface area contributed by atoms with Crippen LogP contribution in [-0.4, -0.2) is 18.4 Å². The van der Waals surface area contributed by atoms with Crippen molar-refractivity contribution in [2.24, 2.45) is 0 Å². The topological polar surface area (TPSA) is 39.7 Å². The van der Waals surface area contributed by atoms with Crippen molar-refractivity contribution < 1.29 is 14.2 Å². The number of ether oxygens (including phenoxy) is 3. The third kappa shape index (κ3) is 2.78. The maximum absolute atomic E-state index is 5.72. The molecule has 1 N–H and O–H groups in total. The third-order valence-corrected chi connectivity index (χ3v) is 3.21. The fraction of sp³-hybridized carbons (Fsp3) is 0.467.